The number of carbonyl (C=O) groups is 1. The minimum Gasteiger partial charge on any atom is -0.387 e. The number of carbonyl (C=O) groups excluding carboxylic acids is 1. The van der Waals surface area contributed by atoms with Gasteiger partial charge in [0, 0.05) is 17.4 Å². The zero-order chi connectivity index (χ0) is 18.6. The lowest BCUT2D eigenvalue weighted by atomic mass is 9.86. The molecule has 1 unspecified atom stereocenters. The Morgan fingerprint density at radius 1 is 1.04 bits per heavy atom. The van der Waals surface area contributed by atoms with Crippen LogP contribution in [0.4, 0.5) is 0 Å². The van der Waals surface area contributed by atoms with Crippen LogP contribution in [0.25, 0.3) is 0 Å². The Morgan fingerprint density at radius 2 is 1.43 bits per heavy atom. The molecule has 0 aromatic heterocycles. The third-order valence-corrected chi connectivity index (χ3v) is 11.2. The van der Waals surface area contributed by atoms with Crippen LogP contribution in [0.3, 0.4) is 0 Å². The maximum atomic E-state index is 12.1. The summed E-state index contributed by atoms with van der Waals surface area (Å²) in [6.07, 6.45) is -0.774. The van der Waals surface area contributed by atoms with Gasteiger partial charge >= 0.3 is 0 Å². The SMILES string of the molecule is C=C(C#C[Si](C(C)C)(C(C)C)C(C)C)C(O)CC(=O)C(C)(C)C. The molecular formula is C20H36O2Si. The summed E-state index contributed by atoms with van der Waals surface area (Å²) >= 11 is 0. The fraction of sp³-hybridized carbons (Fsp3) is 0.750. The van der Waals surface area contributed by atoms with E-state index in [1.165, 1.54) is 0 Å². The van der Waals surface area contributed by atoms with Gasteiger partial charge in [-0.2, -0.15) is 0 Å². The van der Waals surface area contributed by atoms with Crippen LogP contribution >= 0.6 is 0 Å². The van der Waals surface area contributed by atoms with Gasteiger partial charge in [-0.3, -0.25) is 4.79 Å². The Kier molecular flexibility index (Phi) is 8.00. The number of hydrogen-bond donors (Lipinski definition) is 1. The van der Waals surface area contributed by atoms with E-state index in [0.29, 0.717) is 22.2 Å². The summed E-state index contributed by atoms with van der Waals surface area (Å²) in [4.78, 5) is 12.1. The predicted octanol–water partition coefficient (Wildman–Crippen LogP) is 5.13. The van der Waals surface area contributed by atoms with E-state index in [2.05, 4.69) is 59.6 Å². The number of aliphatic hydroxyl groups is 1. The Balaban J connectivity index is 5.36. The zero-order valence-electron chi connectivity index (χ0n) is 16.6. The van der Waals surface area contributed by atoms with Crippen LogP contribution in [0.5, 0.6) is 0 Å². The lowest BCUT2D eigenvalue weighted by Gasteiger charge is -2.38. The molecule has 0 fully saturated rings. The summed E-state index contributed by atoms with van der Waals surface area (Å²) in [7, 11) is -1.83. The molecule has 0 radical (unpaired) electrons. The number of aliphatic hydroxyl groups excluding tert-OH is 1. The van der Waals surface area contributed by atoms with Crippen molar-refractivity contribution in [3.63, 3.8) is 0 Å². The Morgan fingerprint density at radius 3 is 1.74 bits per heavy atom. The summed E-state index contributed by atoms with van der Waals surface area (Å²) < 4.78 is 0. The molecular weight excluding hydrogens is 300 g/mol. The van der Waals surface area contributed by atoms with Crippen molar-refractivity contribution in [3.8, 4) is 11.5 Å². The van der Waals surface area contributed by atoms with E-state index in [-0.39, 0.29) is 12.2 Å². The molecule has 0 aliphatic heterocycles. The minimum atomic E-state index is -1.83. The fourth-order valence-corrected chi connectivity index (χ4v) is 8.55. The van der Waals surface area contributed by atoms with Crippen molar-refractivity contribution in [2.75, 3.05) is 0 Å². The summed E-state index contributed by atoms with van der Waals surface area (Å²) in [6, 6.07) is 0. The highest BCUT2D eigenvalue weighted by Gasteiger charge is 2.41. The van der Waals surface area contributed by atoms with Crippen molar-refractivity contribution in [2.24, 2.45) is 5.41 Å². The van der Waals surface area contributed by atoms with Crippen molar-refractivity contribution >= 4 is 13.9 Å². The van der Waals surface area contributed by atoms with Gasteiger partial charge < -0.3 is 5.11 Å². The number of Topliss-reactive ketones (excluding diaryl/α,β-unsaturated/α-hetero) is 1. The zero-order valence-corrected chi connectivity index (χ0v) is 17.6. The molecule has 0 rings (SSSR count). The molecule has 23 heavy (non-hydrogen) atoms. The van der Waals surface area contributed by atoms with Crippen LogP contribution in [0, 0.1) is 16.9 Å². The van der Waals surface area contributed by atoms with E-state index in [1.807, 2.05) is 20.8 Å². The van der Waals surface area contributed by atoms with Crippen LogP contribution < -0.4 is 0 Å². The lowest BCUT2D eigenvalue weighted by Crippen LogP contribution is -2.43. The van der Waals surface area contributed by atoms with E-state index >= 15 is 0 Å². The molecule has 0 aromatic rings. The second-order valence-electron chi connectivity index (χ2n) is 8.57. The first kappa shape index (κ1) is 22.1. The first-order valence-electron chi connectivity index (χ1n) is 8.70. The quantitative estimate of drug-likeness (QED) is 0.539. The highest BCUT2D eigenvalue weighted by Crippen LogP contribution is 2.40. The highest BCUT2D eigenvalue weighted by molar-refractivity contribution is 6.90. The van der Waals surface area contributed by atoms with Gasteiger partial charge in [0.2, 0.25) is 0 Å². The van der Waals surface area contributed by atoms with Crippen LogP contribution in [0.2, 0.25) is 16.6 Å². The monoisotopic (exact) mass is 336 g/mol. The number of hydrogen-bond acceptors (Lipinski definition) is 2. The molecule has 1 N–H and O–H groups in total. The van der Waals surface area contributed by atoms with Gasteiger partial charge in [-0.25, -0.2) is 0 Å². The molecule has 2 nitrogen and oxygen atoms in total. The molecule has 0 saturated heterocycles. The van der Waals surface area contributed by atoms with Crippen LogP contribution in [-0.2, 0) is 4.79 Å². The largest absolute Gasteiger partial charge is 0.387 e. The molecule has 0 saturated carbocycles. The van der Waals surface area contributed by atoms with Crippen molar-refractivity contribution < 1.29 is 9.90 Å². The molecule has 0 heterocycles. The molecule has 0 aliphatic rings. The summed E-state index contributed by atoms with van der Waals surface area (Å²) in [5.74, 6) is 3.17. The summed E-state index contributed by atoms with van der Waals surface area (Å²) in [5, 5.41) is 10.3. The fourth-order valence-electron chi connectivity index (χ4n) is 3.31. The van der Waals surface area contributed by atoms with Gasteiger partial charge in [0.25, 0.3) is 0 Å². The van der Waals surface area contributed by atoms with Gasteiger partial charge in [-0.15, -0.1) is 5.54 Å². The van der Waals surface area contributed by atoms with Crippen LogP contribution in [0.1, 0.15) is 68.7 Å². The van der Waals surface area contributed by atoms with E-state index in [4.69, 9.17) is 0 Å². The van der Waals surface area contributed by atoms with Crippen molar-refractivity contribution in [1.29, 1.82) is 0 Å². The number of ketones is 1. The normalized spacial score (nSPS) is 14.0. The molecule has 0 aromatic carbocycles. The molecule has 0 bridgehead atoms. The number of rotatable bonds is 6. The van der Waals surface area contributed by atoms with Crippen LogP contribution in [-0.4, -0.2) is 25.1 Å². The molecule has 1 atom stereocenters. The molecule has 0 spiro atoms. The second kappa shape index (κ2) is 8.31. The standard InChI is InChI=1S/C20H36O2Si/c1-14(2)23(15(3)4,16(5)6)12-11-17(7)18(21)13-19(22)20(8,9)10/h14-16,18,21H,7,13H2,1-6,8-10H3. The summed E-state index contributed by atoms with van der Waals surface area (Å²) in [5.41, 5.74) is 5.19. The first-order valence-corrected chi connectivity index (χ1v) is 10.9. The minimum absolute atomic E-state index is 0.0352. The third-order valence-electron chi connectivity index (χ3n) is 4.92. The molecule has 0 amide bonds. The molecule has 132 valence electrons. The van der Waals surface area contributed by atoms with E-state index < -0.39 is 19.6 Å². The van der Waals surface area contributed by atoms with E-state index in [9.17, 15) is 9.90 Å². The average Bonchev–Trinajstić information content (AvgIpc) is 2.36. The first-order chi connectivity index (χ1) is 10.3. The van der Waals surface area contributed by atoms with E-state index in [1.54, 1.807) is 0 Å². The average molecular weight is 337 g/mol. The lowest BCUT2D eigenvalue weighted by molar-refractivity contribution is -0.127. The van der Waals surface area contributed by atoms with Crippen molar-refractivity contribution in [2.45, 2.75) is 91.5 Å². The van der Waals surface area contributed by atoms with Crippen molar-refractivity contribution in [1.82, 2.24) is 0 Å². The second-order valence-corrected chi connectivity index (χ2v) is 14.1. The van der Waals surface area contributed by atoms with Crippen molar-refractivity contribution in [3.05, 3.63) is 12.2 Å². The molecule has 3 heteroatoms. The molecule has 0 aliphatic carbocycles. The Hall–Kier alpha value is -0.853. The predicted molar refractivity (Wildman–Crippen MR) is 103 cm³/mol. The van der Waals surface area contributed by atoms with E-state index in [0.717, 1.165) is 0 Å². The topological polar surface area (TPSA) is 37.3 Å². The van der Waals surface area contributed by atoms with Crippen LogP contribution in [0.15, 0.2) is 12.2 Å². The Labute approximate surface area is 144 Å². The van der Waals surface area contributed by atoms with Gasteiger partial charge in [-0.05, 0) is 16.6 Å². The Bertz CT molecular complexity index is 462. The maximum Gasteiger partial charge on any atom is 0.146 e. The highest BCUT2D eigenvalue weighted by atomic mass is 28.3. The maximum absolute atomic E-state index is 12.1. The van der Waals surface area contributed by atoms with Gasteiger partial charge in [0.05, 0.1) is 6.10 Å². The van der Waals surface area contributed by atoms with Gasteiger partial charge in [-0.1, -0.05) is 74.8 Å². The van der Waals surface area contributed by atoms with Gasteiger partial charge in [0.15, 0.2) is 0 Å². The smallest absolute Gasteiger partial charge is 0.146 e. The van der Waals surface area contributed by atoms with Gasteiger partial charge in [0.1, 0.15) is 13.9 Å². The third kappa shape index (κ3) is 5.62. The summed E-state index contributed by atoms with van der Waals surface area (Å²) in [6.45, 7) is 23.0.